The topological polar surface area (TPSA) is 53.2 Å². The Morgan fingerprint density at radius 1 is 1.21 bits per heavy atom. The molecule has 0 aliphatic carbocycles. The number of halogens is 1. The van der Waals surface area contributed by atoms with E-state index in [1.54, 1.807) is 24.3 Å². The van der Waals surface area contributed by atoms with Crippen LogP contribution in [-0.4, -0.2) is 11.7 Å². The van der Waals surface area contributed by atoms with Gasteiger partial charge in [0.15, 0.2) is 0 Å². The fourth-order valence-corrected chi connectivity index (χ4v) is 2.52. The molecule has 1 aliphatic rings. The van der Waals surface area contributed by atoms with E-state index in [-0.39, 0.29) is 0 Å². The highest BCUT2D eigenvalue weighted by Crippen LogP contribution is 2.45. The number of aliphatic hydroxyl groups is 1. The van der Waals surface area contributed by atoms with Crippen LogP contribution < -0.4 is 4.74 Å². The lowest BCUT2D eigenvalue weighted by Gasteiger charge is -2.33. The Balaban J connectivity index is 2.33. The summed E-state index contributed by atoms with van der Waals surface area (Å²) in [4.78, 5) is 0. The Morgan fingerprint density at radius 3 is 2.74 bits per heavy atom. The van der Waals surface area contributed by atoms with Crippen LogP contribution >= 0.6 is 11.6 Å². The normalized spacial score (nSPS) is 19.8. The summed E-state index contributed by atoms with van der Waals surface area (Å²) in [5, 5.41) is 19.6. The van der Waals surface area contributed by atoms with Gasteiger partial charge in [0.2, 0.25) is 5.60 Å². The summed E-state index contributed by atoms with van der Waals surface area (Å²) < 4.78 is 5.73. The summed E-state index contributed by atoms with van der Waals surface area (Å²) in [5.41, 5.74) is 1.01. The molecular weight excluding hydrogens is 262 g/mol. The minimum absolute atomic E-state index is 0.400. The highest BCUT2D eigenvalue weighted by molar-refractivity contribution is 6.31. The van der Waals surface area contributed by atoms with Crippen molar-refractivity contribution in [2.24, 2.45) is 0 Å². The monoisotopic (exact) mass is 271 g/mol. The van der Waals surface area contributed by atoms with E-state index < -0.39 is 12.2 Å². The highest BCUT2D eigenvalue weighted by Gasteiger charge is 2.40. The zero-order valence-electron chi connectivity index (χ0n) is 9.93. The van der Waals surface area contributed by atoms with Crippen LogP contribution in [-0.2, 0) is 5.60 Å². The van der Waals surface area contributed by atoms with Gasteiger partial charge >= 0.3 is 0 Å². The summed E-state index contributed by atoms with van der Waals surface area (Å²) in [6.07, 6.45) is 0. The standard InChI is InChI=1S/C15H10ClNO2/c16-10-5-6-14-12(7-10)11-3-1-2-4-13(11)15(8-17,9-18)19-14/h1-7,18H,9H2. The summed E-state index contributed by atoms with van der Waals surface area (Å²) in [6, 6.07) is 14.7. The number of ether oxygens (including phenoxy) is 1. The van der Waals surface area contributed by atoms with Crippen molar-refractivity contribution in [1.29, 1.82) is 5.26 Å². The minimum atomic E-state index is -1.35. The van der Waals surface area contributed by atoms with Gasteiger partial charge in [-0.15, -0.1) is 0 Å². The number of hydrogen-bond donors (Lipinski definition) is 1. The Hall–Kier alpha value is -2.02. The Bertz CT molecular complexity index is 693. The fourth-order valence-electron chi connectivity index (χ4n) is 2.35. The molecule has 2 aromatic carbocycles. The van der Waals surface area contributed by atoms with E-state index in [1.165, 1.54) is 0 Å². The largest absolute Gasteiger partial charge is 0.465 e. The third-order valence-corrected chi connectivity index (χ3v) is 3.52. The van der Waals surface area contributed by atoms with Crippen LogP contribution in [0.4, 0.5) is 0 Å². The molecule has 3 nitrogen and oxygen atoms in total. The van der Waals surface area contributed by atoms with Gasteiger partial charge in [-0.1, -0.05) is 35.9 Å². The van der Waals surface area contributed by atoms with Crippen molar-refractivity contribution in [3.05, 3.63) is 53.1 Å². The molecule has 1 aliphatic heterocycles. The maximum atomic E-state index is 9.59. The SMILES string of the molecule is N#CC1(CO)Oc2ccc(Cl)cc2-c2ccccc21. The number of fused-ring (bicyclic) bond motifs is 3. The van der Waals surface area contributed by atoms with Crippen molar-refractivity contribution in [2.45, 2.75) is 5.60 Å². The Morgan fingerprint density at radius 2 is 2.00 bits per heavy atom. The fraction of sp³-hybridized carbons (Fsp3) is 0.133. The molecule has 4 heteroatoms. The molecule has 1 N–H and O–H groups in total. The summed E-state index contributed by atoms with van der Waals surface area (Å²) in [7, 11) is 0. The smallest absolute Gasteiger partial charge is 0.242 e. The minimum Gasteiger partial charge on any atom is -0.465 e. The number of nitriles is 1. The molecule has 94 valence electrons. The molecular formula is C15H10ClNO2. The predicted octanol–water partition coefficient (Wildman–Crippen LogP) is 3.11. The molecule has 0 bridgehead atoms. The van der Waals surface area contributed by atoms with Crippen molar-refractivity contribution in [1.82, 2.24) is 0 Å². The van der Waals surface area contributed by atoms with Gasteiger partial charge in [0.1, 0.15) is 18.4 Å². The number of aliphatic hydroxyl groups excluding tert-OH is 1. The lowest BCUT2D eigenvalue weighted by atomic mass is 9.85. The zero-order valence-corrected chi connectivity index (χ0v) is 10.7. The van der Waals surface area contributed by atoms with Gasteiger partial charge in [0.05, 0.1) is 0 Å². The van der Waals surface area contributed by atoms with E-state index in [0.29, 0.717) is 16.3 Å². The first-order valence-corrected chi connectivity index (χ1v) is 6.18. The van der Waals surface area contributed by atoms with Gasteiger partial charge < -0.3 is 9.84 Å². The number of hydrogen-bond acceptors (Lipinski definition) is 3. The predicted molar refractivity (Wildman–Crippen MR) is 71.9 cm³/mol. The molecule has 19 heavy (non-hydrogen) atoms. The Labute approximate surface area is 115 Å². The number of benzene rings is 2. The summed E-state index contributed by atoms with van der Waals surface area (Å²) >= 11 is 6.01. The van der Waals surface area contributed by atoms with Crippen molar-refractivity contribution >= 4 is 11.6 Å². The average Bonchev–Trinajstić information content (AvgIpc) is 2.47. The first-order chi connectivity index (χ1) is 9.20. The van der Waals surface area contributed by atoms with Crippen LogP contribution in [0, 0.1) is 11.3 Å². The van der Waals surface area contributed by atoms with Crippen molar-refractivity contribution < 1.29 is 9.84 Å². The first-order valence-electron chi connectivity index (χ1n) is 5.81. The lowest BCUT2D eigenvalue weighted by Crippen LogP contribution is -2.38. The van der Waals surface area contributed by atoms with Crippen molar-refractivity contribution in [2.75, 3.05) is 6.61 Å². The van der Waals surface area contributed by atoms with E-state index in [4.69, 9.17) is 16.3 Å². The van der Waals surface area contributed by atoms with E-state index in [2.05, 4.69) is 6.07 Å². The summed E-state index contributed by atoms with van der Waals surface area (Å²) in [6.45, 7) is -0.400. The van der Waals surface area contributed by atoms with Crippen LogP contribution in [0.5, 0.6) is 5.75 Å². The molecule has 0 spiro atoms. The molecule has 0 saturated heterocycles. The molecule has 1 heterocycles. The van der Waals surface area contributed by atoms with Crippen LogP contribution in [0.3, 0.4) is 0 Å². The molecule has 1 unspecified atom stereocenters. The zero-order chi connectivity index (χ0) is 13.5. The molecule has 0 amide bonds. The van der Waals surface area contributed by atoms with E-state index >= 15 is 0 Å². The van der Waals surface area contributed by atoms with E-state index in [0.717, 1.165) is 11.1 Å². The molecule has 1 atom stereocenters. The lowest BCUT2D eigenvalue weighted by molar-refractivity contribution is 0.0522. The van der Waals surface area contributed by atoms with Gasteiger partial charge in [-0.3, -0.25) is 0 Å². The molecule has 2 aromatic rings. The second-order valence-electron chi connectivity index (χ2n) is 4.39. The third-order valence-electron chi connectivity index (χ3n) is 3.28. The molecule has 0 fully saturated rings. The quantitative estimate of drug-likeness (QED) is 0.867. The van der Waals surface area contributed by atoms with Gasteiger partial charge in [-0.2, -0.15) is 5.26 Å². The van der Waals surface area contributed by atoms with E-state index in [1.807, 2.05) is 18.2 Å². The van der Waals surface area contributed by atoms with Gasteiger partial charge in [0.25, 0.3) is 0 Å². The van der Waals surface area contributed by atoms with Crippen LogP contribution in [0.1, 0.15) is 5.56 Å². The van der Waals surface area contributed by atoms with Crippen molar-refractivity contribution in [3.63, 3.8) is 0 Å². The summed E-state index contributed by atoms with van der Waals surface area (Å²) in [5.74, 6) is 0.554. The third kappa shape index (κ3) is 1.69. The first kappa shape index (κ1) is 12.0. The Kier molecular flexibility index (Phi) is 2.70. The molecule has 3 rings (SSSR count). The van der Waals surface area contributed by atoms with E-state index in [9.17, 15) is 10.4 Å². The average molecular weight is 272 g/mol. The maximum absolute atomic E-state index is 9.59. The van der Waals surface area contributed by atoms with Crippen LogP contribution in [0.2, 0.25) is 5.02 Å². The number of rotatable bonds is 1. The highest BCUT2D eigenvalue weighted by atomic mass is 35.5. The molecule has 0 radical (unpaired) electrons. The van der Waals surface area contributed by atoms with Gasteiger partial charge in [-0.05, 0) is 23.8 Å². The maximum Gasteiger partial charge on any atom is 0.242 e. The van der Waals surface area contributed by atoms with Crippen LogP contribution in [0.25, 0.3) is 11.1 Å². The molecule has 0 saturated carbocycles. The second kappa shape index (κ2) is 4.27. The molecule has 0 aromatic heterocycles. The van der Waals surface area contributed by atoms with Crippen LogP contribution in [0.15, 0.2) is 42.5 Å². The second-order valence-corrected chi connectivity index (χ2v) is 4.82. The van der Waals surface area contributed by atoms with Crippen molar-refractivity contribution in [3.8, 4) is 22.9 Å². The number of nitrogens with zero attached hydrogens (tertiary/aromatic N) is 1. The van der Waals surface area contributed by atoms with Gasteiger partial charge in [0, 0.05) is 16.1 Å². The van der Waals surface area contributed by atoms with Gasteiger partial charge in [-0.25, -0.2) is 0 Å².